The Hall–Kier alpha value is -2.79. The molecule has 5 nitrogen and oxygen atoms in total. The van der Waals surface area contributed by atoms with E-state index in [2.05, 4.69) is 15.4 Å². The number of aromatic nitrogens is 2. The number of rotatable bonds is 4. The highest BCUT2D eigenvalue weighted by Crippen LogP contribution is 2.13. The van der Waals surface area contributed by atoms with Gasteiger partial charge in [0.2, 0.25) is 0 Å². The van der Waals surface area contributed by atoms with Crippen LogP contribution in [0.15, 0.2) is 60.9 Å². The molecule has 0 aliphatic heterocycles. The number of nitrogens with zero attached hydrogens (tertiary/aromatic N) is 2. The third-order valence-electron chi connectivity index (χ3n) is 2.99. The molecule has 0 fully saturated rings. The van der Waals surface area contributed by atoms with Crippen molar-refractivity contribution in [3.63, 3.8) is 0 Å². The molecular formula is C16H13N3O2. The molecule has 0 saturated heterocycles. The van der Waals surface area contributed by atoms with Gasteiger partial charge in [-0.2, -0.15) is 0 Å². The number of para-hydroxylation sites is 1. The molecule has 3 aromatic rings. The number of hydrogen-bond acceptors (Lipinski definition) is 4. The summed E-state index contributed by atoms with van der Waals surface area (Å²) >= 11 is 0. The van der Waals surface area contributed by atoms with Gasteiger partial charge in [0.05, 0.1) is 17.7 Å². The van der Waals surface area contributed by atoms with Crippen LogP contribution in [0.1, 0.15) is 15.9 Å². The summed E-state index contributed by atoms with van der Waals surface area (Å²) < 4.78 is 0. The van der Waals surface area contributed by atoms with Crippen molar-refractivity contribution < 1.29 is 9.63 Å². The second-order valence-corrected chi connectivity index (χ2v) is 4.44. The van der Waals surface area contributed by atoms with Crippen LogP contribution in [0, 0.1) is 0 Å². The summed E-state index contributed by atoms with van der Waals surface area (Å²) in [4.78, 5) is 25.7. The molecule has 3 rings (SSSR count). The van der Waals surface area contributed by atoms with Gasteiger partial charge in [-0.3, -0.25) is 19.6 Å². The van der Waals surface area contributed by atoms with Gasteiger partial charge in [0.25, 0.3) is 5.91 Å². The fraction of sp³-hybridized carbons (Fsp3) is 0.0625. The van der Waals surface area contributed by atoms with E-state index in [1.807, 2.05) is 36.4 Å². The van der Waals surface area contributed by atoms with Crippen LogP contribution in [0.4, 0.5) is 0 Å². The molecule has 0 bridgehead atoms. The first-order chi connectivity index (χ1) is 10.3. The van der Waals surface area contributed by atoms with E-state index < -0.39 is 0 Å². The number of carbonyl (C=O) groups excluding carboxylic acids is 1. The van der Waals surface area contributed by atoms with Gasteiger partial charge in [-0.25, -0.2) is 5.48 Å². The maximum absolute atomic E-state index is 12.1. The first kappa shape index (κ1) is 13.2. The normalized spacial score (nSPS) is 10.5. The molecular weight excluding hydrogens is 266 g/mol. The number of hydroxylamine groups is 1. The van der Waals surface area contributed by atoms with E-state index in [0.29, 0.717) is 23.2 Å². The van der Waals surface area contributed by atoms with Crippen molar-refractivity contribution in [2.75, 3.05) is 0 Å². The Kier molecular flexibility index (Phi) is 3.84. The third-order valence-corrected chi connectivity index (χ3v) is 2.99. The third kappa shape index (κ3) is 3.04. The maximum Gasteiger partial charge on any atom is 0.277 e. The van der Waals surface area contributed by atoms with E-state index >= 15 is 0 Å². The Morgan fingerprint density at radius 2 is 1.81 bits per heavy atom. The number of fused-ring (bicyclic) bond motifs is 1. The SMILES string of the molecule is O=C(NOCc1ccccc1)c1cccc2nccnc12. The lowest BCUT2D eigenvalue weighted by atomic mass is 10.1. The van der Waals surface area contributed by atoms with Crippen LogP contribution in [0.25, 0.3) is 11.0 Å². The van der Waals surface area contributed by atoms with Gasteiger partial charge in [0, 0.05) is 12.4 Å². The van der Waals surface area contributed by atoms with Gasteiger partial charge in [-0.1, -0.05) is 36.4 Å². The van der Waals surface area contributed by atoms with Crippen LogP contribution in [0.2, 0.25) is 0 Å². The fourth-order valence-electron chi connectivity index (χ4n) is 1.99. The van der Waals surface area contributed by atoms with Crippen molar-refractivity contribution in [1.82, 2.24) is 15.4 Å². The lowest BCUT2D eigenvalue weighted by Gasteiger charge is -2.07. The summed E-state index contributed by atoms with van der Waals surface area (Å²) in [6.07, 6.45) is 3.15. The lowest BCUT2D eigenvalue weighted by Crippen LogP contribution is -2.24. The highest BCUT2D eigenvalue weighted by atomic mass is 16.6. The highest BCUT2D eigenvalue weighted by Gasteiger charge is 2.11. The smallest absolute Gasteiger partial charge is 0.269 e. The molecule has 0 aliphatic carbocycles. The van der Waals surface area contributed by atoms with E-state index in [4.69, 9.17) is 4.84 Å². The topological polar surface area (TPSA) is 64.1 Å². The van der Waals surface area contributed by atoms with Crippen LogP contribution in [-0.4, -0.2) is 15.9 Å². The zero-order chi connectivity index (χ0) is 14.5. The summed E-state index contributed by atoms with van der Waals surface area (Å²) in [7, 11) is 0. The van der Waals surface area contributed by atoms with Crippen molar-refractivity contribution >= 4 is 16.9 Å². The molecule has 1 amide bonds. The molecule has 21 heavy (non-hydrogen) atoms. The summed E-state index contributed by atoms with van der Waals surface area (Å²) in [6.45, 7) is 0.309. The number of benzene rings is 2. The van der Waals surface area contributed by atoms with Crippen molar-refractivity contribution in [3.05, 3.63) is 72.1 Å². The molecule has 0 aliphatic rings. The quantitative estimate of drug-likeness (QED) is 0.745. The predicted molar refractivity (Wildman–Crippen MR) is 78.2 cm³/mol. The minimum atomic E-state index is -0.336. The van der Waals surface area contributed by atoms with Crippen molar-refractivity contribution in [1.29, 1.82) is 0 Å². The van der Waals surface area contributed by atoms with Gasteiger partial charge in [0.1, 0.15) is 5.52 Å². The number of hydrogen-bond donors (Lipinski definition) is 1. The summed E-state index contributed by atoms with van der Waals surface area (Å²) in [5, 5.41) is 0. The number of amides is 1. The fourth-order valence-corrected chi connectivity index (χ4v) is 1.99. The van der Waals surface area contributed by atoms with Gasteiger partial charge in [0.15, 0.2) is 0 Å². The zero-order valence-electron chi connectivity index (χ0n) is 11.2. The van der Waals surface area contributed by atoms with Crippen LogP contribution < -0.4 is 5.48 Å². The van der Waals surface area contributed by atoms with E-state index in [1.54, 1.807) is 24.5 Å². The highest BCUT2D eigenvalue weighted by molar-refractivity contribution is 6.04. The monoisotopic (exact) mass is 279 g/mol. The number of carbonyl (C=O) groups is 1. The van der Waals surface area contributed by atoms with E-state index in [1.165, 1.54) is 0 Å². The van der Waals surface area contributed by atoms with Gasteiger partial charge in [-0.05, 0) is 17.7 Å². The first-order valence-electron chi connectivity index (χ1n) is 6.50. The molecule has 0 unspecified atom stereocenters. The molecule has 0 spiro atoms. The molecule has 0 saturated carbocycles. The van der Waals surface area contributed by atoms with E-state index in [0.717, 1.165) is 5.56 Å². The van der Waals surface area contributed by atoms with Gasteiger partial charge >= 0.3 is 0 Å². The Bertz CT molecular complexity index is 754. The molecule has 0 radical (unpaired) electrons. The van der Waals surface area contributed by atoms with E-state index in [9.17, 15) is 4.79 Å². The Labute approximate surface area is 121 Å². The van der Waals surface area contributed by atoms with Gasteiger partial charge < -0.3 is 0 Å². The number of nitrogens with one attached hydrogen (secondary N) is 1. The standard InChI is InChI=1S/C16H13N3O2/c20-16(19-21-11-12-5-2-1-3-6-12)13-7-4-8-14-15(13)18-10-9-17-14/h1-10H,11H2,(H,19,20). The molecule has 1 aromatic heterocycles. The molecule has 1 heterocycles. The predicted octanol–water partition coefficient (Wildman–Crippen LogP) is 2.49. The molecule has 1 N–H and O–H groups in total. The zero-order valence-corrected chi connectivity index (χ0v) is 11.2. The molecule has 0 atom stereocenters. The minimum absolute atomic E-state index is 0.309. The molecule has 5 heteroatoms. The molecule has 104 valence electrons. The second-order valence-electron chi connectivity index (χ2n) is 4.44. The first-order valence-corrected chi connectivity index (χ1v) is 6.50. The average molecular weight is 279 g/mol. The van der Waals surface area contributed by atoms with Crippen molar-refractivity contribution in [3.8, 4) is 0 Å². The van der Waals surface area contributed by atoms with Crippen LogP contribution in [0.3, 0.4) is 0 Å². The van der Waals surface area contributed by atoms with Crippen LogP contribution in [-0.2, 0) is 11.4 Å². The van der Waals surface area contributed by atoms with Crippen molar-refractivity contribution in [2.45, 2.75) is 6.61 Å². The largest absolute Gasteiger partial charge is 0.277 e. The summed E-state index contributed by atoms with van der Waals surface area (Å²) in [5.74, 6) is -0.336. The maximum atomic E-state index is 12.1. The Balaban J connectivity index is 1.70. The second kappa shape index (κ2) is 6.11. The van der Waals surface area contributed by atoms with E-state index in [-0.39, 0.29) is 5.91 Å². The summed E-state index contributed by atoms with van der Waals surface area (Å²) in [6, 6.07) is 14.9. The minimum Gasteiger partial charge on any atom is -0.269 e. The Morgan fingerprint density at radius 3 is 2.67 bits per heavy atom. The average Bonchev–Trinajstić information content (AvgIpc) is 2.55. The molecule has 2 aromatic carbocycles. The summed E-state index contributed by atoms with van der Waals surface area (Å²) in [5.41, 5.74) is 5.08. The van der Waals surface area contributed by atoms with Crippen LogP contribution >= 0.6 is 0 Å². The Morgan fingerprint density at radius 1 is 1.00 bits per heavy atom. The lowest BCUT2D eigenvalue weighted by molar-refractivity contribution is 0.0235. The van der Waals surface area contributed by atoms with Crippen molar-refractivity contribution in [2.24, 2.45) is 0 Å². The van der Waals surface area contributed by atoms with Crippen LogP contribution in [0.5, 0.6) is 0 Å². The van der Waals surface area contributed by atoms with Gasteiger partial charge in [-0.15, -0.1) is 0 Å².